The molecule has 0 saturated heterocycles. The molecular formula is C18H30N2O5SSi. The van der Waals surface area contributed by atoms with Crippen LogP contribution in [-0.4, -0.2) is 47.5 Å². The van der Waals surface area contributed by atoms with Gasteiger partial charge in [0.2, 0.25) is 5.01 Å². The maximum atomic E-state index is 12.6. The summed E-state index contributed by atoms with van der Waals surface area (Å²) in [5.74, 6) is -1.07. The third-order valence-corrected chi connectivity index (χ3v) is 10.5. The van der Waals surface area contributed by atoms with E-state index in [0.717, 1.165) is 16.2 Å². The van der Waals surface area contributed by atoms with Crippen LogP contribution in [0.15, 0.2) is 0 Å². The van der Waals surface area contributed by atoms with Gasteiger partial charge in [-0.2, -0.15) is 0 Å². The molecule has 2 rings (SSSR count). The maximum Gasteiger partial charge on any atom is 0.410 e. The Hall–Kier alpha value is -1.45. The number of thiazole rings is 1. The molecule has 0 spiro atoms. The fourth-order valence-electron chi connectivity index (χ4n) is 2.44. The Morgan fingerprint density at radius 1 is 1.22 bits per heavy atom. The van der Waals surface area contributed by atoms with Crippen LogP contribution in [0.2, 0.25) is 18.1 Å². The lowest BCUT2D eigenvalue weighted by molar-refractivity contribution is 0.00993. The molecule has 1 aliphatic heterocycles. The first-order chi connectivity index (χ1) is 12.1. The molecule has 9 heteroatoms. The van der Waals surface area contributed by atoms with Gasteiger partial charge in [-0.3, -0.25) is 4.90 Å². The lowest BCUT2D eigenvalue weighted by Gasteiger charge is -2.42. The summed E-state index contributed by atoms with van der Waals surface area (Å²) in [5.41, 5.74) is -0.0280. The zero-order valence-corrected chi connectivity index (χ0v) is 19.2. The molecule has 1 aromatic rings. The number of rotatable bonds is 3. The third kappa shape index (κ3) is 5.08. The van der Waals surface area contributed by atoms with E-state index in [4.69, 9.17) is 9.16 Å². The van der Waals surface area contributed by atoms with Crippen molar-refractivity contribution in [3.63, 3.8) is 0 Å². The second-order valence-electron chi connectivity index (χ2n) is 9.36. The van der Waals surface area contributed by atoms with E-state index in [1.807, 2.05) is 20.8 Å². The van der Waals surface area contributed by atoms with Crippen molar-refractivity contribution in [2.75, 3.05) is 6.54 Å². The number of hydrogen-bond acceptors (Lipinski definition) is 6. The van der Waals surface area contributed by atoms with Crippen molar-refractivity contribution in [3.05, 3.63) is 15.6 Å². The van der Waals surface area contributed by atoms with Crippen LogP contribution in [0.3, 0.4) is 0 Å². The minimum atomic E-state index is -2.14. The first-order valence-electron chi connectivity index (χ1n) is 8.99. The highest BCUT2D eigenvalue weighted by atomic mass is 32.1. The highest BCUT2D eigenvalue weighted by Crippen LogP contribution is 2.43. The maximum absolute atomic E-state index is 12.6. The van der Waals surface area contributed by atoms with E-state index >= 15 is 0 Å². The molecule has 0 bridgehead atoms. The van der Waals surface area contributed by atoms with Crippen LogP contribution < -0.4 is 0 Å². The van der Waals surface area contributed by atoms with Crippen LogP contribution in [0.4, 0.5) is 4.79 Å². The number of fused-ring (bicyclic) bond motifs is 1. The number of aromatic nitrogens is 1. The van der Waals surface area contributed by atoms with Gasteiger partial charge in [-0.25, -0.2) is 14.6 Å². The van der Waals surface area contributed by atoms with Gasteiger partial charge in [0.05, 0.1) is 29.8 Å². The topological polar surface area (TPSA) is 89.0 Å². The Morgan fingerprint density at radius 2 is 1.81 bits per heavy atom. The molecule has 0 saturated carbocycles. The van der Waals surface area contributed by atoms with Gasteiger partial charge in [-0.05, 0) is 38.9 Å². The lowest BCUT2D eigenvalue weighted by Crippen LogP contribution is -2.47. The van der Waals surface area contributed by atoms with Gasteiger partial charge < -0.3 is 14.3 Å². The van der Waals surface area contributed by atoms with E-state index in [1.54, 1.807) is 4.90 Å². The molecule has 27 heavy (non-hydrogen) atoms. The molecule has 1 unspecified atom stereocenters. The van der Waals surface area contributed by atoms with Crippen molar-refractivity contribution in [2.24, 2.45) is 0 Å². The Labute approximate surface area is 165 Å². The van der Waals surface area contributed by atoms with Crippen molar-refractivity contribution in [1.82, 2.24) is 9.88 Å². The quantitative estimate of drug-likeness (QED) is 0.724. The average molecular weight is 415 g/mol. The Morgan fingerprint density at radius 3 is 2.30 bits per heavy atom. The van der Waals surface area contributed by atoms with Crippen LogP contribution in [0.1, 0.15) is 68.0 Å². The van der Waals surface area contributed by atoms with Crippen molar-refractivity contribution in [3.8, 4) is 0 Å². The van der Waals surface area contributed by atoms with E-state index in [9.17, 15) is 14.7 Å². The van der Waals surface area contributed by atoms with Gasteiger partial charge >= 0.3 is 12.1 Å². The fourth-order valence-corrected chi connectivity index (χ4v) is 4.71. The van der Waals surface area contributed by atoms with E-state index < -0.39 is 32.1 Å². The van der Waals surface area contributed by atoms with Crippen LogP contribution in [0.5, 0.6) is 0 Å². The van der Waals surface area contributed by atoms with Gasteiger partial charge in [0, 0.05) is 0 Å². The van der Waals surface area contributed by atoms with Gasteiger partial charge in [0.15, 0.2) is 8.32 Å². The van der Waals surface area contributed by atoms with Crippen molar-refractivity contribution < 1.29 is 23.9 Å². The van der Waals surface area contributed by atoms with Crippen LogP contribution in [-0.2, 0) is 15.7 Å². The van der Waals surface area contributed by atoms with Crippen molar-refractivity contribution in [2.45, 2.75) is 77.9 Å². The van der Waals surface area contributed by atoms with Crippen LogP contribution >= 0.6 is 11.3 Å². The molecule has 1 amide bonds. The Balaban J connectivity index is 2.36. The lowest BCUT2D eigenvalue weighted by atomic mass is 10.1. The molecule has 1 aromatic heterocycles. The number of carboxylic acids is 1. The summed E-state index contributed by atoms with van der Waals surface area (Å²) in [5, 5.41) is 9.33. The first-order valence-corrected chi connectivity index (χ1v) is 12.7. The fraction of sp³-hybridized carbons (Fsp3) is 0.722. The summed E-state index contributed by atoms with van der Waals surface area (Å²) in [7, 11) is -2.14. The second-order valence-corrected chi connectivity index (χ2v) is 15.1. The molecule has 0 aliphatic carbocycles. The normalized spacial score (nSPS) is 18.2. The van der Waals surface area contributed by atoms with Gasteiger partial charge in [-0.15, -0.1) is 11.3 Å². The van der Waals surface area contributed by atoms with Gasteiger partial charge in [0.1, 0.15) is 5.60 Å². The molecule has 1 atom stereocenters. The molecule has 7 nitrogen and oxygen atoms in total. The summed E-state index contributed by atoms with van der Waals surface area (Å²) >= 11 is 1.14. The molecule has 152 valence electrons. The zero-order valence-electron chi connectivity index (χ0n) is 17.4. The summed E-state index contributed by atoms with van der Waals surface area (Å²) in [6.07, 6.45) is -0.838. The first kappa shape index (κ1) is 21.8. The van der Waals surface area contributed by atoms with E-state index in [2.05, 4.69) is 38.8 Å². The SMILES string of the molecule is CC(C)(C)OC(=O)N1Cc2nc(C(=O)O)sc2C(O[Si](C)(C)C(C)(C)C)C1. The van der Waals surface area contributed by atoms with Gasteiger partial charge in [0.25, 0.3) is 0 Å². The summed E-state index contributed by atoms with van der Waals surface area (Å²) in [4.78, 5) is 30.6. The molecule has 0 aromatic carbocycles. The summed E-state index contributed by atoms with van der Waals surface area (Å²) < 4.78 is 12.0. The molecule has 1 N–H and O–H groups in total. The van der Waals surface area contributed by atoms with Crippen molar-refractivity contribution in [1.29, 1.82) is 0 Å². The standard InChI is InChI=1S/C18H30N2O5SSi/c1-17(2,3)24-16(23)20-9-11-13(26-14(19-11)15(21)22)12(10-20)25-27(7,8)18(4,5)6/h12H,9-10H2,1-8H3,(H,21,22). The summed E-state index contributed by atoms with van der Waals surface area (Å²) in [6, 6.07) is 0. The Bertz CT molecular complexity index is 733. The van der Waals surface area contributed by atoms with E-state index in [-0.39, 0.29) is 16.6 Å². The number of amides is 1. The van der Waals surface area contributed by atoms with Gasteiger partial charge in [-0.1, -0.05) is 20.8 Å². The summed E-state index contributed by atoms with van der Waals surface area (Å²) in [6.45, 7) is 16.7. The average Bonchev–Trinajstić information content (AvgIpc) is 2.88. The molecule has 0 radical (unpaired) electrons. The minimum absolute atomic E-state index is 0.0122. The molecule has 0 fully saturated rings. The highest BCUT2D eigenvalue weighted by molar-refractivity contribution is 7.13. The highest BCUT2D eigenvalue weighted by Gasteiger charge is 2.43. The minimum Gasteiger partial charge on any atom is -0.476 e. The number of carbonyl (C=O) groups is 2. The predicted molar refractivity (Wildman–Crippen MR) is 107 cm³/mol. The third-order valence-electron chi connectivity index (χ3n) is 4.82. The zero-order chi connectivity index (χ0) is 20.8. The number of carbonyl (C=O) groups excluding carboxylic acids is 1. The second kappa shape index (κ2) is 7.18. The molecular weight excluding hydrogens is 384 g/mol. The van der Waals surface area contributed by atoms with E-state index in [1.165, 1.54) is 0 Å². The predicted octanol–water partition coefficient (Wildman–Crippen LogP) is 4.65. The number of nitrogens with zero attached hydrogens (tertiary/aromatic N) is 2. The number of hydrogen-bond donors (Lipinski definition) is 1. The van der Waals surface area contributed by atoms with Crippen molar-refractivity contribution >= 4 is 31.7 Å². The number of aromatic carboxylic acids is 1. The number of ether oxygens (including phenoxy) is 1. The van der Waals surface area contributed by atoms with E-state index in [0.29, 0.717) is 12.2 Å². The van der Waals surface area contributed by atoms with Crippen LogP contribution in [0, 0.1) is 0 Å². The molecule has 1 aliphatic rings. The smallest absolute Gasteiger partial charge is 0.410 e. The monoisotopic (exact) mass is 414 g/mol. The largest absolute Gasteiger partial charge is 0.476 e. The number of carboxylic acid groups (broad SMARTS) is 1. The van der Waals surface area contributed by atoms with Crippen LogP contribution in [0.25, 0.3) is 0 Å². The Kier molecular flexibility index (Phi) is 5.81. The molecule has 2 heterocycles.